The van der Waals surface area contributed by atoms with Crippen molar-refractivity contribution < 1.29 is 5.11 Å². The zero-order valence-electron chi connectivity index (χ0n) is 24.0. The number of aliphatic imine (C=N–C) groups is 1. The number of hydrogen-bond acceptors (Lipinski definition) is 3. The molecular formula is C35H40NOPS. The van der Waals surface area contributed by atoms with Crippen LogP contribution in [0.25, 0.3) is 0 Å². The first-order valence-corrected chi connectivity index (χ1v) is 16.1. The average molecular weight is 554 g/mol. The van der Waals surface area contributed by atoms with Gasteiger partial charge in [-0.15, -0.1) is 11.8 Å². The van der Waals surface area contributed by atoms with Gasteiger partial charge in [-0.3, -0.25) is 4.99 Å². The number of phenols is 1. The Kier molecular flexibility index (Phi) is 9.36. The van der Waals surface area contributed by atoms with Crippen molar-refractivity contribution in [2.45, 2.75) is 57.3 Å². The molecule has 202 valence electrons. The molecule has 4 aromatic carbocycles. The summed E-state index contributed by atoms with van der Waals surface area (Å²) in [5.41, 5.74) is 3.62. The third-order valence-electron chi connectivity index (χ3n) is 6.72. The van der Waals surface area contributed by atoms with E-state index >= 15 is 0 Å². The Morgan fingerprint density at radius 2 is 1.31 bits per heavy atom. The summed E-state index contributed by atoms with van der Waals surface area (Å²) in [5, 5.41) is 13.9. The van der Waals surface area contributed by atoms with Gasteiger partial charge in [0.25, 0.3) is 0 Å². The summed E-state index contributed by atoms with van der Waals surface area (Å²) < 4.78 is 0. The molecule has 0 fully saturated rings. The van der Waals surface area contributed by atoms with Crippen molar-refractivity contribution in [2.75, 3.05) is 11.9 Å². The molecule has 4 rings (SSSR count). The summed E-state index contributed by atoms with van der Waals surface area (Å²) in [5.74, 6) is 1.38. The Labute approximate surface area is 240 Å². The maximum atomic E-state index is 11.1. The highest BCUT2D eigenvalue weighted by Crippen LogP contribution is 2.38. The van der Waals surface area contributed by atoms with Gasteiger partial charge < -0.3 is 5.11 Å². The van der Waals surface area contributed by atoms with Gasteiger partial charge in [-0.2, -0.15) is 0 Å². The molecule has 1 N–H and O–H groups in total. The molecule has 0 aliphatic carbocycles. The summed E-state index contributed by atoms with van der Waals surface area (Å²) in [6, 6.07) is 34.4. The fourth-order valence-corrected chi connectivity index (χ4v) is 7.95. The highest BCUT2D eigenvalue weighted by molar-refractivity contribution is 7.99. The molecule has 39 heavy (non-hydrogen) atoms. The minimum atomic E-state index is -0.379. The van der Waals surface area contributed by atoms with Gasteiger partial charge in [0.2, 0.25) is 0 Å². The van der Waals surface area contributed by atoms with Gasteiger partial charge in [0, 0.05) is 28.0 Å². The van der Waals surface area contributed by atoms with Crippen LogP contribution in [0, 0.1) is 0 Å². The third-order valence-corrected chi connectivity index (χ3v) is 10.6. The van der Waals surface area contributed by atoms with Gasteiger partial charge in [-0.25, -0.2) is 0 Å². The highest BCUT2D eigenvalue weighted by Gasteiger charge is 2.24. The van der Waals surface area contributed by atoms with E-state index in [-0.39, 0.29) is 18.8 Å². The topological polar surface area (TPSA) is 32.6 Å². The largest absolute Gasteiger partial charge is 0.507 e. The van der Waals surface area contributed by atoms with E-state index in [9.17, 15) is 5.11 Å². The summed E-state index contributed by atoms with van der Waals surface area (Å²) in [7, 11) is -0.379. The van der Waals surface area contributed by atoms with E-state index in [4.69, 9.17) is 4.99 Å². The number of nitrogens with zero attached hydrogens (tertiary/aromatic N) is 1. The lowest BCUT2D eigenvalue weighted by molar-refractivity contribution is 0.444. The second-order valence-electron chi connectivity index (χ2n) is 11.9. The molecule has 0 bridgehead atoms. The third kappa shape index (κ3) is 7.84. The van der Waals surface area contributed by atoms with Gasteiger partial charge in [0.05, 0.1) is 5.69 Å². The number of benzene rings is 4. The maximum Gasteiger partial charge on any atom is 0.128 e. The van der Waals surface area contributed by atoms with E-state index in [2.05, 4.69) is 139 Å². The van der Waals surface area contributed by atoms with Crippen molar-refractivity contribution in [2.24, 2.45) is 4.99 Å². The normalized spacial score (nSPS) is 12.4. The molecule has 2 nitrogen and oxygen atoms in total. The monoisotopic (exact) mass is 553 g/mol. The minimum absolute atomic E-state index is 0.0173. The Bertz CT molecular complexity index is 1350. The van der Waals surface area contributed by atoms with Crippen LogP contribution in [0.5, 0.6) is 5.75 Å². The van der Waals surface area contributed by atoms with Crippen LogP contribution in [0.15, 0.2) is 107 Å². The SMILES string of the molecule is CC(C)(C)c1cc(C=Nc2ccc(SCCP(c3ccccc3)c3ccccc3)cc2)c(O)c(C(C)(C)C)c1. The zero-order chi connectivity index (χ0) is 28.0. The van der Waals surface area contributed by atoms with Gasteiger partial charge in [0.15, 0.2) is 0 Å². The molecule has 0 atom stereocenters. The van der Waals surface area contributed by atoms with E-state index in [0.29, 0.717) is 5.75 Å². The van der Waals surface area contributed by atoms with Crippen molar-refractivity contribution in [3.63, 3.8) is 0 Å². The van der Waals surface area contributed by atoms with E-state index < -0.39 is 0 Å². The lowest BCUT2D eigenvalue weighted by Gasteiger charge is -2.26. The standard InChI is InChI=1S/C35H40NOPS/c1-34(2,3)27-23-26(33(37)32(24-27)35(4,5)6)25-36-28-17-19-31(20-18-28)39-22-21-38(29-13-9-7-10-14-29)30-15-11-8-12-16-30/h7-20,23-25,37H,21-22H2,1-6H3. The van der Waals surface area contributed by atoms with Crippen molar-refractivity contribution in [1.29, 1.82) is 0 Å². The molecular weight excluding hydrogens is 513 g/mol. The molecule has 0 aromatic heterocycles. The molecule has 0 amide bonds. The van der Waals surface area contributed by atoms with Crippen LogP contribution in [-0.4, -0.2) is 23.2 Å². The van der Waals surface area contributed by atoms with Crippen LogP contribution in [0.4, 0.5) is 5.69 Å². The molecule has 0 unspecified atom stereocenters. The Hall–Kier alpha value is -2.87. The zero-order valence-corrected chi connectivity index (χ0v) is 25.7. The van der Waals surface area contributed by atoms with E-state index in [0.717, 1.165) is 28.7 Å². The molecule has 0 radical (unpaired) electrons. The van der Waals surface area contributed by atoms with E-state index in [1.807, 2.05) is 11.8 Å². The molecule has 4 aromatic rings. The fourth-order valence-electron chi connectivity index (χ4n) is 4.41. The number of phenolic OH excluding ortho intramolecular Hbond substituents is 1. The lowest BCUT2D eigenvalue weighted by atomic mass is 9.79. The second kappa shape index (κ2) is 12.5. The molecule has 0 saturated heterocycles. The van der Waals surface area contributed by atoms with Crippen molar-refractivity contribution in [3.05, 3.63) is 114 Å². The molecule has 0 saturated carbocycles. The Balaban J connectivity index is 1.45. The smallest absolute Gasteiger partial charge is 0.128 e. The van der Waals surface area contributed by atoms with E-state index in [1.165, 1.54) is 21.1 Å². The summed E-state index contributed by atoms with van der Waals surface area (Å²) >= 11 is 1.90. The summed E-state index contributed by atoms with van der Waals surface area (Å²) in [6.45, 7) is 13.0. The van der Waals surface area contributed by atoms with Crippen molar-refractivity contribution in [3.8, 4) is 5.75 Å². The molecule has 4 heteroatoms. The van der Waals surface area contributed by atoms with E-state index in [1.54, 1.807) is 6.21 Å². The predicted octanol–water partition coefficient (Wildman–Crippen LogP) is 8.96. The Morgan fingerprint density at radius 1 is 0.744 bits per heavy atom. The van der Waals surface area contributed by atoms with Gasteiger partial charge >= 0.3 is 0 Å². The lowest BCUT2D eigenvalue weighted by Crippen LogP contribution is -2.17. The van der Waals surface area contributed by atoms with Crippen molar-refractivity contribution >= 4 is 42.2 Å². The predicted molar refractivity (Wildman–Crippen MR) is 174 cm³/mol. The Morgan fingerprint density at radius 3 is 1.82 bits per heavy atom. The van der Waals surface area contributed by atoms with Crippen LogP contribution in [0.1, 0.15) is 58.2 Å². The van der Waals surface area contributed by atoms with Gasteiger partial charge in [0.1, 0.15) is 5.75 Å². The first-order valence-electron chi connectivity index (χ1n) is 13.5. The van der Waals surface area contributed by atoms with Crippen LogP contribution in [0.2, 0.25) is 0 Å². The molecule has 0 aliphatic rings. The number of hydrogen-bond donors (Lipinski definition) is 1. The average Bonchev–Trinajstić information content (AvgIpc) is 2.91. The van der Waals surface area contributed by atoms with Crippen LogP contribution >= 0.6 is 19.7 Å². The highest BCUT2D eigenvalue weighted by atomic mass is 32.2. The molecule has 0 spiro atoms. The number of aromatic hydroxyl groups is 1. The molecule has 0 aliphatic heterocycles. The first-order chi connectivity index (χ1) is 18.5. The quantitative estimate of drug-likeness (QED) is 0.134. The van der Waals surface area contributed by atoms with Gasteiger partial charge in [-0.1, -0.05) is 108 Å². The first kappa shape index (κ1) is 29.1. The summed E-state index contributed by atoms with van der Waals surface area (Å²) in [6.07, 6.45) is 2.93. The number of thioether (sulfide) groups is 1. The van der Waals surface area contributed by atoms with Gasteiger partial charge in [-0.05, 0) is 71.4 Å². The second-order valence-corrected chi connectivity index (χ2v) is 15.4. The van der Waals surface area contributed by atoms with Crippen molar-refractivity contribution in [1.82, 2.24) is 0 Å². The molecule has 0 heterocycles. The summed E-state index contributed by atoms with van der Waals surface area (Å²) in [4.78, 5) is 5.97. The van der Waals surface area contributed by atoms with Crippen LogP contribution in [-0.2, 0) is 10.8 Å². The fraction of sp³-hybridized carbons (Fsp3) is 0.286. The maximum absolute atomic E-state index is 11.1. The number of rotatable bonds is 8. The van der Waals surface area contributed by atoms with Crippen LogP contribution < -0.4 is 10.6 Å². The van der Waals surface area contributed by atoms with Crippen LogP contribution in [0.3, 0.4) is 0 Å². The minimum Gasteiger partial charge on any atom is -0.507 e.